The number of rotatable bonds is 8. The molecule has 0 fully saturated rings. The van der Waals surface area contributed by atoms with Gasteiger partial charge in [-0.2, -0.15) is 0 Å². The van der Waals surface area contributed by atoms with Gasteiger partial charge in [-0.1, -0.05) is 51.6 Å². The second-order valence-corrected chi connectivity index (χ2v) is 8.61. The Hall–Kier alpha value is -3.08. The van der Waals surface area contributed by atoms with Gasteiger partial charge in [-0.3, -0.25) is 4.79 Å². The number of nitrogens with one attached hydrogen (secondary N) is 1. The Morgan fingerprint density at radius 3 is 2.50 bits per heavy atom. The predicted molar refractivity (Wildman–Crippen MR) is 122 cm³/mol. The molecule has 1 aromatic heterocycles. The van der Waals surface area contributed by atoms with Crippen LogP contribution < -0.4 is 10.1 Å². The van der Waals surface area contributed by atoms with E-state index >= 15 is 0 Å². The number of benzene rings is 2. The van der Waals surface area contributed by atoms with Crippen molar-refractivity contribution < 1.29 is 9.53 Å². The van der Waals surface area contributed by atoms with Crippen LogP contribution in [-0.4, -0.2) is 22.1 Å². The summed E-state index contributed by atoms with van der Waals surface area (Å²) in [5.41, 5.74) is 3.91. The lowest BCUT2D eigenvalue weighted by Gasteiger charge is -2.19. The van der Waals surface area contributed by atoms with E-state index < -0.39 is 0 Å². The molecule has 0 radical (unpaired) electrons. The van der Waals surface area contributed by atoms with E-state index in [9.17, 15) is 4.79 Å². The van der Waals surface area contributed by atoms with E-state index in [0.717, 1.165) is 35.6 Å². The van der Waals surface area contributed by atoms with E-state index in [0.29, 0.717) is 18.7 Å². The molecule has 30 heavy (non-hydrogen) atoms. The summed E-state index contributed by atoms with van der Waals surface area (Å²) in [5, 5.41) is 2.88. The van der Waals surface area contributed by atoms with Crippen molar-refractivity contribution in [1.82, 2.24) is 14.9 Å². The molecule has 3 aromatic rings. The van der Waals surface area contributed by atoms with Crippen molar-refractivity contribution in [3.8, 4) is 5.75 Å². The van der Waals surface area contributed by atoms with Crippen molar-refractivity contribution in [1.29, 1.82) is 0 Å². The van der Waals surface area contributed by atoms with E-state index in [-0.39, 0.29) is 11.3 Å². The van der Waals surface area contributed by atoms with Gasteiger partial charge in [-0.25, -0.2) is 4.98 Å². The largest absolute Gasteiger partial charge is 0.494 e. The summed E-state index contributed by atoms with van der Waals surface area (Å²) in [7, 11) is 0. The number of nitrogens with zero attached hydrogens (tertiary/aromatic N) is 2. The Morgan fingerprint density at radius 1 is 1.13 bits per heavy atom. The number of ether oxygens (including phenoxy) is 1. The minimum atomic E-state index is -0.157. The number of hydrogen-bond donors (Lipinski definition) is 1. The van der Waals surface area contributed by atoms with Gasteiger partial charge in [0.2, 0.25) is 5.91 Å². The molecule has 1 heterocycles. The minimum absolute atomic E-state index is 0.136. The zero-order valence-corrected chi connectivity index (χ0v) is 18.4. The van der Waals surface area contributed by atoms with Gasteiger partial charge in [-0.15, -0.1) is 0 Å². The first-order valence-corrected chi connectivity index (χ1v) is 10.4. The summed E-state index contributed by atoms with van der Waals surface area (Å²) in [6.45, 7) is 13.7. The Morgan fingerprint density at radius 2 is 1.83 bits per heavy atom. The van der Waals surface area contributed by atoms with Gasteiger partial charge in [0.25, 0.3) is 0 Å². The lowest BCUT2D eigenvalue weighted by molar-refractivity contribution is -0.117. The van der Waals surface area contributed by atoms with Crippen molar-refractivity contribution in [2.45, 2.75) is 52.6 Å². The molecule has 0 bridgehead atoms. The quantitative estimate of drug-likeness (QED) is 0.424. The maximum Gasteiger partial charge on any atom is 0.246 e. The summed E-state index contributed by atoms with van der Waals surface area (Å²) < 4.78 is 8.09. The number of aryl methyl sites for hydroxylation is 1. The van der Waals surface area contributed by atoms with Crippen LogP contribution in [0.5, 0.6) is 5.75 Å². The smallest absolute Gasteiger partial charge is 0.246 e. The number of amides is 1. The highest BCUT2D eigenvalue weighted by molar-refractivity contribution is 5.92. The highest BCUT2D eigenvalue weighted by atomic mass is 16.5. The summed E-state index contributed by atoms with van der Waals surface area (Å²) in [5.74, 6) is 1.56. The van der Waals surface area contributed by atoms with E-state index in [4.69, 9.17) is 9.72 Å². The SMILES string of the molecule is C=C(C)C(=O)NCc1nc2ccccc2n1CCCOc1ccc(C(C)(C)C)cc1. The molecule has 0 aliphatic rings. The van der Waals surface area contributed by atoms with Gasteiger partial charge in [0, 0.05) is 12.1 Å². The Bertz CT molecular complexity index is 1030. The average Bonchev–Trinajstić information content (AvgIpc) is 3.06. The first-order valence-electron chi connectivity index (χ1n) is 10.4. The number of aromatic nitrogens is 2. The third-order valence-electron chi connectivity index (χ3n) is 5.04. The highest BCUT2D eigenvalue weighted by Gasteiger charge is 2.14. The fourth-order valence-electron chi connectivity index (χ4n) is 3.28. The monoisotopic (exact) mass is 405 g/mol. The maximum atomic E-state index is 11.9. The van der Waals surface area contributed by atoms with Crippen LogP contribution in [0, 0.1) is 0 Å². The number of hydrogen-bond acceptors (Lipinski definition) is 3. The average molecular weight is 406 g/mol. The molecular weight excluding hydrogens is 374 g/mol. The summed E-state index contributed by atoms with van der Waals surface area (Å²) in [6.07, 6.45) is 0.836. The third-order valence-corrected chi connectivity index (χ3v) is 5.04. The van der Waals surface area contributed by atoms with Gasteiger partial charge in [0.05, 0.1) is 24.2 Å². The number of carbonyl (C=O) groups is 1. The number of fused-ring (bicyclic) bond motifs is 1. The van der Waals surface area contributed by atoms with Gasteiger partial charge in [-0.05, 0) is 48.6 Å². The van der Waals surface area contributed by atoms with Gasteiger partial charge < -0.3 is 14.6 Å². The van der Waals surface area contributed by atoms with E-state index in [1.54, 1.807) is 6.92 Å². The molecule has 0 spiro atoms. The third kappa shape index (κ3) is 5.29. The minimum Gasteiger partial charge on any atom is -0.494 e. The molecule has 2 aromatic carbocycles. The van der Waals surface area contributed by atoms with Gasteiger partial charge in [0.1, 0.15) is 11.6 Å². The molecule has 0 aliphatic carbocycles. The highest BCUT2D eigenvalue weighted by Crippen LogP contribution is 2.24. The van der Waals surface area contributed by atoms with E-state index in [1.807, 2.05) is 30.3 Å². The molecule has 5 heteroatoms. The maximum absolute atomic E-state index is 11.9. The first kappa shape index (κ1) is 21.6. The molecule has 1 amide bonds. The van der Waals surface area contributed by atoms with E-state index in [2.05, 4.69) is 55.4 Å². The number of para-hydroxylation sites is 2. The molecule has 0 atom stereocenters. The first-order chi connectivity index (χ1) is 14.3. The van der Waals surface area contributed by atoms with Crippen molar-refractivity contribution in [3.63, 3.8) is 0 Å². The molecule has 0 aliphatic heterocycles. The van der Waals surface area contributed by atoms with Crippen LogP contribution in [-0.2, 0) is 23.3 Å². The van der Waals surface area contributed by atoms with Crippen LogP contribution in [0.1, 0.15) is 45.5 Å². The zero-order valence-electron chi connectivity index (χ0n) is 18.4. The van der Waals surface area contributed by atoms with Crippen molar-refractivity contribution in [2.75, 3.05) is 6.61 Å². The molecule has 1 N–H and O–H groups in total. The number of carbonyl (C=O) groups excluding carboxylic acids is 1. The summed E-state index contributed by atoms with van der Waals surface area (Å²) in [4.78, 5) is 16.6. The van der Waals surface area contributed by atoms with Gasteiger partial charge >= 0.3 is 0 Å². The molecule has 3 rings (SSSR count). The van der Waals surface area contributed by atoms with Gasteiger partial charge in [0.15, 0.2) is 0 Å². The lowest BCUT2D eigenvalue weighted by Crippen LogP contribution is -2.25. The van der Waals surface area contributed by atoms with Crippen LogP contribution in [0.15, 0.2) is 60.7 Å². The van der Waals surface area contributed by atoms with Crippen molar-refractivity contribution >= 4 is 16.9 Å². The Labute approximate surface area is 178 Å². The molecule has 158 valence electrons. The van der Waals surface area contributed by atoms with Crippen molar-refractivity contribution in [3.05, 3.63) is 72.1 Å². The van der Waals surface area contributed by atoms with Crippen LogP contribution >= 0.6 is 0 Å². The zero-order chi connectivity index (χ0) is 21.7. The van der Waals surface area contributed by atoms with Crippen LogP contribution in [0.2, 0.25) is 0 Å². The normalized spacial score (nSPS) is 11.5. The fourth-order valence-corrected chi connectivity index (χ4v) is 3.28. The fraction of sp³-hybridized carbons (Fsp3) is 0.360. The molecule has 0 saturated heterocycles. The second kappa shape index (κ2) is 9.16. The molecule has 0 unspecified atom stereocenters. The molecule has 0 saturated carbocycles. The molecule has 5 nitrogen and oxygen atoms in total. The van der Waals surface area contributed by atoms with Crippen LogP contribution in [0.4, 0.5) is 0 Å². The van der Waals surface area contributed by atoms with Crippen LogP contribution in [0.25, 0.3) is 11.0 Å². The van der Waals surface area contributed by atoms with Crippen molar-refractivity contribution in [2.24, 2.45) is 0 Å². The second-order valence-electron chi connectivity index (χ2n) is 8.61. The topological polar surface area (TPSA) is 56.2 Å². The van der Waals surface area contributed by atoms with Crippen LogP contribution in [0.3, 0.4) is 0 Å². The lowest BCUT2D eigenvalue weighted by atomic mass is 9.87. The Kier molecular flexibility index (Phi) is 6.60. The summed E-state index contributed by atoms with van der Waals surface area (Å²) >= 11 is 0. The standard InChI is InChI=1S/C25H31N3O2/c1-18(2)24(29)26-17-23-27-21-9-6-7-10-22(21)28(23)15-8-16-30-20-13-11-19(12-14-20)25(3,4)5/h6-7,9-14H,1,8,15-17H2,2-5H3,(H,26,29). The summed E-state index contributed by atoms with van der Waals surface area (Å²) in [6, 6.07) is 16.3. The van der Waals surface area contributed by atoms with E-state index in [1.165, 1.54) is 5.56 Å². The predicted octanol–water partition coefficient (Wildman–Crippen LogP) is 5.00. The molecular formula is C25H31N3O2. The Balaban J connectivity index is 1.63. The number of imidazole rings is 1.